The van der Waals surface area contributed by atoms with Gasteiger partial charge in [-0.15, -0.1) is 22.6 Å². The number of halogens is 1. The summed E-state index contributed by atoms with van der Waals surface area (Å²) in [4.78, 5) is 14.2. The van der Waals surface area contributed by atoms with Gasteiger partial charge in [0.25, 0.3) is 0 Å². The van der Waals surface area contributed by atoms with Gasteiger partial charge < -0.3 is 15.2 Å². The molecule has 0 spiro atoms. The Morgan fingerprint density at radius 2 is 2.04 bits per heavy atom. The molecule has 1 aliphatic heterocycles. The molecule has 1 aromatic heterocycles. The quantitative estimate of drug-likeness (QED) is 0.871. The third-order valence-corrected chi connectivity index (χ3v) is 4.69. The van der Waals surface area contributed by atoms with Gasteiger partial charge in [-0.1, -0.05) is 30.3 Å². The zero-order valence-electron chi connectivity index (χ0n) is 13.6. The van der Waals surface area contributed by atoms with Crippen molar-refractivity contribution >= 4 is 30.1 Å². The fraction of sp³-hybridized carbons (Fsp3) is 0.438. The largest absolute Gasteiger partial charge is 0.332 e. The first-order valence-corrected chi connectivity index (χ1v) is 9.11. The fourth-order valence-corrected chi connectivity index (χ4v) is 3.24. The number of thioether (sulfide) groups is 1. The van der Waals surface area contributed by atoms with Crippen molar-refractivity contribution in [2.45, 2.75) is 25.6 Å². The monoisotopic (exact) mass is 367 g/mol. The third kappa shape index (κ3) is 3.91. The highest BCUT2D eigenvalue weighted by Crippen LogP contribution is 2.21. The molecule has 0 bridgehead atoms. The number of rotatable bonds is 5. The first-order chi connectivity index (χ1) is 11.2. The molecule has 0 saturated carbocycles. The Morgan fingerprint density at radius 3 is 2.75 bits per heavy atom. The van der Waals surface area contributed by atoms with Crippen LogP contribution in [-0.4, -0.2) is 50.2 Å². The van der Waals surface area contributed by atoms with Crippen molar-refractivity contribution in [1.82, 2.24) is 19.7 Å². The Balaban J connectivity index is 0.00000208. The highest BCUT2D eigenvalue weighted by atomic mass is 35.5. The average Bonchev–Trinajstić information content (AvgIpc) is 3.02. The smallest absolute Gasteiger partial charge is 0.239 e. The summed E-state index contributed by atoms with van der Waals surface area (Å²) in [5.74, 6) is 2.59. The summed E-state index contributed by atoms with van der Waals surface area (Å²) < 4.78 is 2.09. The van der Waals surface area contributed by atoms with Gasteiger partial charge in [0, 0.05) is 18.7 Å². The highest BCUT2D eigenvalue weighted by Gasteiger charge is 2.27. The van der Waals surface area contributed by atoms with Gasteiger partial charge in [-0.25, -0.2) is 0 Å². The van der Waals surface area contributed by atoms with E-state index >= 15 is 0 Å². The predicted molar refractivity (Wildman–Crippen MR) is 99.1 cm³/mol. The van der Waals surface area contributed by atoms with Crippen LogP contribution in [0.1, 0.15) is 12.2 Å². The molecular weight excluding hydrogens is 346 g/mol. The lowest BCUT2D eigenvalue weighted by Gasteiger charge is -2.29. The van der Waals surface area contributed by atoms with Gasteiger partial charge in [-0.05, 0) is 18.4 Å². The van der Waals surface area contributed by atoms with Crippen molar-refractivity contribution in [3.63, 3.8) is 0 Å². The SMILES string of the molecule is CSCC[C@H](N)C(=O)N1CCn2c(nnc2-c2ccccc2)C1.Cl. The summed E-state index contributed by atoms with van der Waals surface area (Å²) in [7, 11) is 0. The summed E-state index contributed by atoms with van der Waals surface area (Å²) >= 11 is 1.71. The van der Waals surface area contributed by atoms with Crippen LogP contribution in [0.25, 0.3) is 11.4 Å². The van der Waals surface area contributed by atoms with Crippen molar-refractivity contribution in [3.8, 4) is 11.4 Å². The fourth-order valence-electron chi connectivity index (χ4n) is 2.75. The molecule has 0 saturated heterocycles. The van der Waals surface area contributed by atoms with E-state index in [2.05, 4.69) is 14.8 Å². The number of hydrogen-bond donors (Lipinski definition) is 1. The topological polar surface area (TPSA) is 77.0 Å². The number of carbonyl (C=O) groups is 1. The third-order valence-electron chi connectivity index (χ3n) is 4.05. The molecule has 0 aliphatic carbocycles. The molecule has 6 nitrogen and oxygen atoms in total. The minimum atomic E-state index is -0.425. The van der Waals surface area contributed by atoms with Crippen molar-refractivity contribution < 1.29 is 4.79 Å². The van der Waals surface area contributed by atoms with Crippen LogP contribution < -0.4 is 5.73 Å². The van der Waals surface area contributed by atoms with Crippen LogP contribution in [0.4, 0.5) is 0 Å². The Morgan fingerprint density at radius 1 is 1.29 bits per heavy atom. The van der Waals surface area contributed by atoms with Crippen molar-refractivity contribution in [3.05, 3.63) is 36.2 Å². The second-order valence-corrected chi connectivity index (χ2v) is 6.59. The van der Waals surface area contributed by atoms with E-state index in [0.717, 1.165) is 23.0 Å². The Kier molecular flexibility index (Phi) is 6.65. The number of nitrogens with two attached hydrogens (primary N) is 1. The molecule has 0 radical (unpaired) electrons. The minimum absolute atomic E-state index is 0. The summed E-state index contributed by atoms with van der Waals surface area (Å²) in [6, 6.07) is 9.57. The van der Waals surface area contributed by atoms with E-state index in [1.165, 1.54) is 0 Å². The molecule has 24 heavy (non-hydrogen) atoms. The van der Waals surface area contributed by atoms with Crippen LogP contribution in [0.5, 0.6) is 0 Å². The Hall–Kier alpha value is -1.57. The normalized spacial score (nSPS) is 14.7. The zero-order valence-corrected chi connectivity index (χ0v) is 15.2. The molecule has 1 amide bonds. The molecule has 0 unspecified atom stereocenters. The molecule has 0 fully saturated rings. The first kappa shape index (κ1) is 18.8. The molecule has 130 valence electrons. The Labute approximate surface area is 152 Å². The molecular formula is C16H22ClN5OS. The van der Waals surface area contributed by atoms with Crippen LogP contribution >= 0.6 is 24.2 Å². The number of hydrogen-bond acceptors (Lipinski definition) is 5. The molecule has 1 aliphatic rings. The molecule has 1 atom stereocenters. The standard InChI is InChI=1S/C16H21N5OS.ClH/c1-23-10-7-13(17)16(22)20-8-9-21-14(11-20)18-19-15(21)12-5-3-2-4-6-12;/h2-6,13H,7-11,17H2,1H3;1H/t13-;/m0./s1. The molecule has 2 aromatic rings. The highest BCUT2D eigenvalue weighted by molar-refractivity contribution is 7.98. The van der Waals surface area contributed by atoms with Crippen molar-refractivity contribution in [2.75, 3.05) is 18.6 Å². The molecule has 2 N–H and O–H groups in total. The van der Waals surface area contributed by atoms with Crippen molar-refractivity contribution in [2.24, 2.45) is 5.73 Å². The number of benzene rings is 1. The zero-order chi connectivity index (χ0) is 16.2. The molecule has 3 rings (SSSR count). The maximum Gasteiger partial charge on any atom is 0.239 e. The van der Waals surface area contributed by atoms with Gasteiger partial charge in [0.1, 0.15) is 0 Å². The summed E-state index contributed by atoms with van der Waals surface area (Å²) in [5.41, 5.74) is 7.05. The van der Waals surface area contributed by atoms with Crippen LogP contribution in [0, 0.1) is 0 Å². The summed E-state index contributed by atoms with van der Waals surface area (Å²) in [6.45, 7) is 1.83. The molecule has 2 heterocycles. The number of nitrogens with zero attached hydrogens (tertiary/aromatic N) is 4. The summed E-state index contributed by atoms with van der Waals surface area (Å²) in [6.07, 6.45) is 2.73. The number of amides is 1. The average molecular weight is 368 g/mol. The lowest BCUT2D eigenvalue weighted by atomic mass is 10.2. The maximum absolute atomic E-state index is 12.4. The summed E-state index contributed by atoms with van der Waals surface area (Å²) in [5, 5.41) is 8.56. The number of carbonyl (C=O) groups excluding carboxylic acids is 1. The molecule has 8 heteroatoms. The minimum Gasteiger partial charge on any atom is -0.332 e. The maximum atomic E-state index is 12.4. The number of aromatic nitrogens is 3. The van der Waals surface area contributed by atoms with E-state index in [9.17, 15) is 4.79 Å². The van der Waals surface area contributed by atoms with Crippen LogP contribution in [0.3, 0.4) is 0 Å². The first-order valence-electron chi connectivity index (χ1n) is 7.71. The van der Waals surface area contributed by atoms with Crippen molar-refractivity contribution in [1.29, 1.82) is 0 Å². The van der Waals surface area contributed by atoms with Gasteiger partial charge in [-0.3, -0.25) is 4.79 Å². The van der Waals surface area contributed by atoms with Gasteiger partial charge >= 0.3 is 0 Å². The second kappa shape index (κ2) is 8.50. The van der Waals surface area contributed by atoms with Gasteiger partial charge in [0.05, 0.1) is 12.6 Å². The van der Waals surface area contributed by atoms with Gasteiger partial charge in [0.2, 0.25) is 5.91 Å². The van der Waals surface area contributed by atoms with E-state index in [4.69, 9.17) is 5.73 Å². The van der Waals surface area contributed by atoms with E-state index in [-0.39, 0.29) is 18.3 Å². The lowest BCUT2D eigenvalue weighted by molar-refractivity contribution is -0.134. The lowest BCUT2D eigenvalue weighted by Crippen LogP contribution is -2.47. The Bertz CT molecular complexity index is 678. The predicted octanol–water partition coefficient (Wildman–Crippen LogP) is 1.79. The van der Waals surface area contributed by atoms with E-state index in [0.29, 0.717) is 26.1 Å². The van der Waals surface area contributed by atoms with E-state index in [1.54, 1.807) is 16.7 Å². The van der Waals surface area contributed by atoms with E-state index in [1.807, 2.05) is 36.6 Å². The van der Waals surface area contributed by atoms with Gasteiger partial charge in [-0.2, -0.15) is 11.8 Å². The van der Waals surface area contributed by atoms with Gasteiger partial charge in [0.15, 0.2) is 11.6 Å². The second-order valence-electron chi connectivity index (χ2n) is 5.61. The van der Waals surface area contributed by atoms with Crippen LogP contribution in [-0.2, 0) is 17.9 Å². The van der Waals surface area contributed by atoms with Crippen LogP contribution in [0.15, 0.2) is 30.3 Å². The van der Waals surface area contributed by atoms with Crippen LogP contribution in [0.2, 0.25) is 0 Å². The molecule has 1 aromatic carbocycles. The van der Waals surface area contributed by atoms with E-state index < -0.39 is 6.04 Å². The number of fused-ring (bicyclic) bond motifs is 1.